The summed E-state index contributed by atoms with van der Waals surface area (Å²) in [6, 6.07) is 7.83. The van der Waals surface area contributed by atoms with Crippen LogP contribution in [0, 0.1) is 5.41 Å². The van der Waals surface area contributed by atoms with Crippen LogP contribution >= 0.6 is 0 Å². The molecule has 1 amide bonds. The lowest BCUT2D eigenvalue weighted by Gasteiger charge is -2.51. The minimum Gasteiger partial charge on any atom is -0.497 e. The van der Waals surface area contributed by atoms with Crippen molar-refractivity contribution in [2.24, 2.45) is 5.41 Å². The lowest BCUT2D eigenvalue weighted by molar-refractivity contribution is -0.320. The van der Waals surface area contributed by atoms with Gasteiger partial charge in [-0.2, -0.15) is 0 Å². The molecule has 2 spiro atoms. The van der Waals surface area contributed by atoms with E-state index in [9.17, 15) is 4.79 Å². The summed E-state index contributed by atoms with van der Waals surface area (Å²) in [6.45, 7) is 8.49. The normalized spacial score (nSPS) is 26.2. The molecule has 3 aliphatic rings. The van der Waals surface area contributed by atoms with Gasteiger partial charge in [0.15, 0.2) is 5.79 Å². The highest BCUT2D eigenvalue weighted by Crippen LogP contribution is 2.47. The van der Waals surface area contributed by atoms with Crippen molar-refractivity contribution in [3.05, 3.63) is 29.8 Å². The number of methoxy groups -OCH3 is 1. The van der Waals surface area contributed by atoms with Crippen LogP contribution in [0.25, 0.3) is 0 Å². The van der Waals surface area contributed by atoms with Crippen LogP contribution < -0.4 is 4.74 Å². The Hall–Kier alpha value is -1.79. The quantitative estimate of drug-likeness (QED) is 0.733. The van der Waals surface area contributed by atoms with Gasteiger partial charge < -0.3 is 23.8 Å². The van der Waals surface area contributed by atoms with Crippen molar-refractivity contribution in [1.29, 1.82) is 0 Å². The highest BCUT2D eigenvalue weighted by Gasteiger charge is 2.51. The van der Waals surface area contributed by atoms with E-state index in [4.69, 9.17) is 18.9 Å². The summed E-state index contributed by atoms with van der Waals surface area (Å²) in [5.41, 5.74) is 0.765. The number of hydrogen-bond donors (Lipinski definition) is 0. The molecule has 2 aliphatic heterocycles. The maximum atomic E-state index is 12.9. The van der Waals surface area contributed by atoms with E-state index in [0.29, 0.717) is 19.8 Å². The number of benzene rings is 1. The van der Waals surface area contributed by atoms with Crippen molar-refractivity contribution in [1.82, 2.24) is 4.90 Å². The van der Waals surface area contributed by atoms with E-state index >= 15 is 0 Å². The summed E-state index contributed by atoms with van der Waals surface area (Å²) in [7, 11) is 1.65. The standard InChI is InChI=1S/C23H33NO5/c1-17(18-5-7-19(26-4)8-6-18)24-14-13-22(29-20(24)25)9-11-23(12-10-22)27-15-21(2,3)16-28-23/h5-8,17H,9-16H2,1-4H3. The summed E-state index contributed by atoms with van der Waals surface area (Å²) < 4.78 is 23.5. The Kier molecular flexibility index (Phi) is 5.28. The number of amides is 1. The van der Waals surface area contributed by atoms with Crippen molar-refractivity contribution < 1.29 is 23.7 Å². The number of ether oxygens (including phenoxy) is 4. The molecule has 0 bridgehead atoms. The number of rotatable bonds is 3. The number of nitrogens with zero attached hydrogens (tertiary/aromatic N) is 1. The highest BCUT2D eigenvalue weighted by molar-refractivity contribution is 5.70. The van der Waals surface area contributed by atoms with E-state index < -0.39 is 5.79 Å². The van der Waals surface area contributed by atoms with Crippen molar-refractivity contribution in [2.45, 2.75) is 70.3 Å². The molecule has 1 aliphatic carbocycles. The van der Waals surface area contributed by atoms with Gasteiger partial charge in [0.2, 0.25) is 0 Å². The van der Waals surface area contributed by atoms with Crippen LogP contribution in [0.1, 0.15) is 64.5 Å². The minimum atomic E-state index is -0.485. The molecule has 1 saturated carbocycles. The van der Waals surface area contributed by atoms with Crippen LogP contribution in [0.4, 0.5) is 4.79 Å². The predicted octanol–water partition coefficient (Wildman–Crippen LogP) is 4.68. The lowest BCUT2D eigenvalue weighted by Crippen LogP contribution is -2.56. The average molecular weight is 404 g/mol. The van der Waals surface area contributed by atoms with Crippen molar-refractivity contribution in [3.8, 4) is 5.75 Å². The van der Waals surface area contributed by atoms with E-state index in [1.54, 1.807) is 7.11 Å². The van der Waals surface area contributed by atoms with E-state index in [1.807, 2.05) is 36.1 Å². The second-order valence-electron chi connectivity index (χ2n) is 9.60. The Morgan fingerprint density at radius 2 is 1.62 bits per heavy atom. The maximum absolute atomic E-state index is 12.9. The van der Waals surface area contributed by atoms with Crippen LogP contribution in [-0.2, 0) is 14.2 Å². The Morgan fingerprint density at radius 1 is 1.00 bits per heavy atom. The molecule has 3 fully saturated rings. The number of hydrogen-bond acceptors (Lipinski definition) is 5. The molecule has 1 aromatic rings. The van der Waals surface area contributed by atoms with Crippen molar-refractivity contribution >= 4 is 6.09 Å². The highest BCUT2D eigenvalue weighted by atomic mass is 16.7. The summed E-state index contributed by atoms with van der Waals surface area (Å²) in [5, 5.41) is 0. The first-order chi connectivity index (χ1) is 13.8. The van der Waals surface area contributed by atoms with Gasteiger partial charge in [-0.3, -0.25) is 0 Å². The summed E-state index contributed by atoms with van der Waals surface area (Å²) in [4.78, 5) is 14.7. The second-order valence-corrected chi connectivity index (χ2v) is 9.60. The van der Waals surface area contributed by atoms with E-state index in [-0.39, 0.29) is 23.2 Å². The van der Waals surface area contributed by atoms with E-state index in [0.717, 1.165) is 43.4 Å². The molecule has 160 valence electrons. The summed E-state index contributed by atoms with van der Waals surface area (Å²) in [5.74, 6) is 0.327. The van der Waals surface area contributed by atoms with Gasteiger partial charge in [0.25, 0.3) is 0 Å². The molecular formula is C23H33NO5. The Bertz CT molecular complexity index is 724. The predicted molar refractivity (Wildman–Crippen MR) is 109 cm³/mol. The zero-order valence-corrected chi connectivity index (χ0v) is 18.0. The summed E-state index contributed by atoms with van der Waals surface area (Å²) in [6.07, 6.45) is 3.78. The van der Waals surface area contributed by atoms with E-state index in [2.05, 4.69) is 13.8 Å². The molecule has 1 aromatic carbocycles. The van der Waals surface area contributed by atoms with Gasteiger partial charge >= 0.3 is 6.09 Å². The van der Waals surface area contributed by atoms with Gasteiger partial charge in [-0.25, -0.2) is 4.79 Å². The largest absolute Gasteiger partial charge is 0.497 e. The molecule has 2 saturated heterocycles. The zero-order chi connectivity index (χ0) is 20.7. The van der Waals surface area contributed by atoms with Gasteiger partial charge in [0, 0.05) is 31.2 Å². The van der Waals surface area contributed by atoms with Gasteiger partial charge in [-0.15, -0.1) is 0 Å². The minimum absolute atomic E-state index is 0.0343. The molecular weight excluding hydrogens is 370 g/mol. The Balaban J connectivity index is 1.36. The van der Waals surface area contributed by atoms with Gasteiger partial charge in [0.05, 0.1) is 26.4 Å². The van der Waals surface area contributed by atoms with Crippen LogP contribution in [-0.4, -0.2) is 49.2 Å². The van der Waals surface area contributed by atoms with Crippen LogP contribution in [0.3, 0.4) is 0 Å². The van der Waals surface area contributed by atoms with Crippen LogP contribution in [0.2, 0.25) is 0 Å². The lowest BCUT2D eigenvalue weighted by atomic mass is 9.77. The molecule has 0 radical (unpaired) electrons. The fourth-order valence-corrected chi connectivity index (χ4v) is 4.59. The Morgan fingerprint density at radius 3 is 2.17 bits per heavy atom. The van der Waals surface area contributed by atoms with Crippen LogP contribution in [0.5, 0.6) is 5.75 Å². The SMILES string of the molecule is COc1ccc(C(C)N2CCC3(CCC4(CC3)OCC(C)(C)CO4)OC2=O)cc1. The third-order valence-electron chi connectivity index (χ3n) is 6.79. The molecule has 0 N–H and O–H groups in total. The molecule has 2 heterocycles. The van der Waals surface area contributed by atoms with Crippen LogP contribution in [0.15, 0.2) is 24.3 Å². The number of carbonyl (C=O) groups is 1. The third-order valence-corrected chi connectivity index (χ3v) is 6.79. The van der Waals surface area contributed by atoms with Crippen molar-refractivity contribution in [2.75, 3.05) is 26.9 Å². The first-order valence-corrected chi connectivity index (χ1v) is 10.7. The molecule has 1 atom stereocenters. The van der Waals surface area contributed by atoms with Crippen molar-refractivity contribution in [3.63, 3.8) is 0 Å². The molecule has 0 aromatic heterocycles. The number of carbonyl (C=O) groups excluding carboxylic acids is 1. The smallest absolute Gasteiger partial charge is 0.410 e. The Labute approximate surface area is 173 Å². The fourth-order valence-electron chi connectivity index (χ4n) is 4.59. The first kappa shape index (κ1) is 20.5. The van der Waals surface area contributed by atoms with Gasteiger partial charge in [-0.1, -0.05) is 26.0 Å². The second kappa shape index (κ2) is 7.47. The molecule has 4 rings (SSSR count). The topological polar surface area (TPSA) is 57.2 Å². The molecule has 6 heteroatoms. The molecule has 1 unspecified atom stereocenters. The average Bonchev–Trinajstić information content (AvgIpc) is 2.72. The summed E-state index contributed by atoms with van der Waals surface area (Å²) >= 11 is 0. The fraction of sp³-hybridized carbons (Fsp3) is 0.696. The first-order valence-electron chi connectivity index (χ1n) is 10.7. The molecule has 6 nitrogen and oxygen atoms in total. The maximum Gasteiger partial charge on any atom is 0.410 e. The monoisotopic (exact) mass is 403 g/mol. The van der Waals surface area contributed by atoms with Gasteiger partial charge in [0.1, 0.15) is 11.4 Å². The van der Waals surface area contributed by atoms with E-state index in [1.165, 1.54) is 0 Å². The molecule has 29 heavy (non-hydrogen) atoms. The zero-order valence-electron chi connectivity index (χ0n) is 18.0. The third kappa shape index (κ3) is 4.10. The van der Waals surface area contributed by atoms with Gasteiger partial charge in [-0.05, 0) is 37.5 Å².